The third-order valence-electron chi connectivity index (χ3n) is 3.55. The summed E-state index contributed by atoms with van der Waals surface area (Å²) in [6.07, 6.45) is 1.23. The lowest BCUT2D eigenvalue weighted by atomic mass is 10.1. The largest absolute Gasteiger partial charge is 0.481 e. The molecule has 2 rings (SSSR count). The van der Waals surface area contributed by atoms with Crippen LogP contribution < -0.4 is 15.8 Å². The van der Waals surface area contributed by atoms with Crippen molar-refractivity contribution in [2.45, 2.75) is 26.3 Å². The van der Waals surface area contributed by atoms with E-state index in [1.807, 2.05) is 0 Å². The number of aromatic nitrogens is 2. The molecule has 0 bridgehead atoms. The number of rotatable bonds is 5. The Morgan fingerprint density at radius 2 is 2.32 bits per heavy atom. The van der Waals surface area contributed by atoms with Gasteiger partial charge in [0.2, 0.25) is 11.8 Å². The van der Waals surface area contributed by atoms with Crippen molar-refractivity contribution >= 4 is 11.8 Å². The molecular weight excluding hydrogens is 242 g/mol. The van der Waals surface area contributed by atoms with Crippen molar-refractivity contribution in [1.29, 1.82) is 0 Å². The van der Waals surface area contributed by atoms with E-state index in [4.69, 9.17) is 10.5 Å². The van der Waals surface area contributed by atoms with Gasteiger partial charge in [0.1, 0.15) is 5.82 Å². The zero-order valence-corrected chi connectivity index (χ0v) is 11.9. The Morgan fingerprint density at radius 1 is 1.53 bits per heavy atom. The summed E-state index contributed by atoms with van der Waals surface area (Å²) < 4.78 is 5.08. The number of nitrogens with one attached hydrogen (secondary N) is 1. The molecule has 2 heterocycles. The van der Waals surface area contributed by atoms with E-state index < -0.39 is 0 Å². The fourth-order valence-corrected chi connectivity index (χ4v) is 2.39. The first-order valence-electron chi connectivity index (χ1n) is 6.75. The van der Waals surface area contributed by atoms with Gasteiger partial charge in [-0.25, -0.2) is 0 Å². The van der Waals surface area contributed by atoms with Gasteiger partial charge < -0.3 is 20.7 Å². The maximum Gasteiger partial charge on any atom is 0.225 e. The minimum Gasteiger partial charge on any atom is -0.481 e. The van der Waals surface area contributed by atoms with Gasteiger partial charge in [-0.05, 0) is 32.7 Å². The number of likely N-dealkylation sites (tertiary alicyclic amines) is 1. The van der Waals surface area contributed by atoms with Crippen LogP contribution in [0.3, 0.4) is 0 Å². The van der Waals surface area contributed by atoms with Gasteiger partial charge in [0.15, 0.2) is 0 Å². The van der Waals surface area contributed by atoms with E-state index >= 15 is 0 Å². The monoisotopic (exact) mass is 265 g/mol. The number of nitrogen functional groups attached to an aromatic ring is 1. The smallest absolute Gasteiger partial charge is 0.225 e. The molecule has 0 spiro atoms. The second kappa shape index (κ2) is 6.06. The second-order valence-electron chi connectivity index (χ2n) is 5.28. The maximum absolute atomic E-state index is 5.63. The average molecular weight is 265 g/mol. The summed E-state index contributed by atoms with van der Waals surface area (Å²) in [7, 11) is 1.57. The highest BCUT2D eigenvalue weighted by Crippen LogP contribution is 2.20. The molecule has 1 aliphatic heterocycles. The summed E-state index contributed by atoms with van der Waals surface area (Å²) in [6.45, 7) is 7.71. The lowest BCUT2D eigenvalue weighted by Gasteiger charge is -2.20. The first kappa shape index (κ1) is 13.9. The van der Waals surface area contributed by atoms with Gasteiger partial charge >= 0.3 is 0 Å². The summed E-state index contributed by atoms with van der Waals surface area (Å²) in [6, 6.07) is 2.39. The van der Waals surface area contributed by atoms with E-state index in [-0.39, 0.29) is 5.95 Å². The maximum atomic E-state index is 5.63. The van der Waals surface area contributed by atoms with Gasteiger partial charge in [-0.1, -0.05) is 0 Å². The molecule has 1 aliphatic rings. The molecular formula is C13H23N5O. The van der Waals surface area contributed by atoms with Gasteiger partial charge in [0, 0.05) is 25.2 Å². The molecule has 6 nitrogen and oxygen atoms in total. The highest BCUT2D eigenvalue weighted by molar-refractivity contribution is 5.42. The van der Waals surface area contributed by atoms with Gasteiger partial charge in [-0.3, -0.25) is 0 Å². The minimum absolute atomic E-state index is 0.233. The summed E-state index contributed by atoms with van der Waals surface area (Å²) in [5.41, 5.74) is 5.63. The molecule has 3 N–H and O–H groups in total. The van der Waals surface area contributed by atoms with E-state index in [0.29, 0.717) is 17.8 Å². The number of nitrogens with zero attached hydrogens (tertiary/aromatic N) is 3. The minimum atomic E-state index is 0.233. The number of anilines is 2. The predicted molar refractivity (Wildman–Crippen MR) is 76.3 cm³/mol. The number of nitrogens with two attached hydrogens (primary N) is 1. The molecule has 1 aromatic rings. The number of hydrogen-bond donors (Lipinski definition) is 2. The Morgan fingerprint density at radius 3 is 2.95 bits per heavy atom. The highest BCUT2D eigenvalue weighted by Gasteiger charge is 2.23. The molecule has 1 saturated heterocycles. The van der Waals surface area contributed by atoms with Crippen molar-refractivity contribution in [2.24, 2.45) is 5.92 Å². The van der Waals surface area contributed by atoms with Gasteiger partial charge in [-0.15, -0.1) is 0 Å². The second-order valence-corrected chi connectivity index (χ2v) is 5.28. The van der Waals surface area contributed by atoms with Crippen LogP contribution in [0.25, 0.3) is 0 Å². The SMILES string of the molecule is COc1cc(NCC2CCN(C(C)C)C2)nc(N)n1. The molecule has 0 aliphatic carbocycles. The first-order valence-corrected chi connectivity index (χ1v) is 6.75. The van der Waals surface area contributed by atoms with Crippen LogP contribution in [0.15, 0.2) is 6.07 Å². The Kier molecular flexibility index (Phi) is 4.42. The Hall–Kier alpha value is -1.56. The van der Waals surface area contributed by atoms with Crippen LogP contribution in [0.1, 0.15) is 20.3 Å². The third kappa shape index (κ3) is 3.70. The average Bonchev–Trinajstić information content (AvgIpc) is 2.84. The highest BCUT2D eigenvalue weighted by atomic mass is 16.5. The standard InChI is InChI=1S/C13H23N5O/c1-9(2)18-5-4-10(8-18)7-15-11-6-12(19-3)17-13(14)16-11/h6,9-10H,4-5,7-8H2,1-3H3,(H3,14,15,16,17). The molecule has 0 radical (unpaired) electrons. The fraction of sp³-hybridized carbons (Fsp3) is 0.692. The van der Waals surface area contributed by atoms with E-state index in [0.717, 1.165) is 18.9 Å². The summed E-state index contributed by atoms with van der Waals surface area (Å²) >= 11 is 0. The molecule has 106 valence electrons. The molecule has 19 heavy (non-hydrogen) atoms. The van der Waals surface area contributed by atoms with Crippen LogP contribution in [0, 0.1) is 5.92 Å². The van der Waals surface area contributed by atoms with Crippen molar-refractivity contribution in [3.63, 3.8) is 0 Å². The molecule has 1 unspecified atom stereocenters. The fourth-order valence-electron chi connectivity index (χ4n) is 2.39. The molecule has 1 aromatic heterocycles. The van der Waals surface area contributed by atoms with Crippen molar-refractivity contribution < 1.29 is 4.74 Å². The van der Waals surface area contributed by atoms with E-state index in [1.165, 1.54) is 13.0 Å². The quantitative estimate of drug-likeness (QED) is 0.833. The zero-order valence-electron chi connectivity index (χ0n) is 11.9. The molecule has 1 fully saturated rings. The van der Waals surface area contributed by atoms with E-state index in [1.54, 1.807) is 13.2 Å². The van der Waals surface area contributed by atoms with Crippen LogP contribution in [0.5, 0.6) is 5.88 Å². The van der Waals surface area contributed by atoms with Crippen molar-refractivity contribution in [3.05, 3.63) is 6.07 Å². The van der Waals surface area contributed by atoms with Crippen LogP contribution in [-0.4, -0.2) is 47.7 Å². The van der Waals surface area contributed by atoms with Crippen LogP contribution >= 0.6 is 0 Å². The third-order valence-corrected chi connectivity index (χ3v) is 3.55. The lowest BCUT2D eigenvalue weighted by molar-refractivity contribution is 0.266. The predicted octanol–water partition coefficient (Wildman–Crippen LogP) is 1.21. The number of methoxy groups -OCH3 is 1. The Labute approximate surface area is 114 Å². The molecule has 0 aromatic carbocycles. The zero-order chi connectivity index (χ0) is 13.8. The first-order chi connectivity index (χ1) is 9.08. The van der Waals surface area contributed by atoms with Crippen LogP contribution in [-0.2, 0) is 0 Å². The van der Waals surface area contributed by atoms with Crippen LogP contribution in [0.2, 0.25) is 0 Å². The summed E-state index contributed by atoms with van der Waals surface area (Å²) in [5, 5.41) is 3.32. The number of hydrogen-bond acceptors (Lipinski definition) is 6. The Bertz CT molecular complexity index is 423. The van der Waals surface area contributed by atoms with Gasteiger partial charge in [0.05, 0.1) is 7.11 Å². The van der Waals surface area contributed by atoms with E-state index in [2.05, 4.69) is 34.0 Å². The molecule has 0 saturated carbocycles. The van der Waals surface area contributed by atoms with E-state index in [9.17, 15) is 0 Å². The summed E-state index contributed by atoms with van der Waals surface area (Å²) in [5.74, 6) is 2.11. The Balaban J connectivity index is 1.87. The summed E-state index contributed by atoms with van der Waals surface area (Å²) in [4.78, 5) is 10.6. The topological polar surface area (TPSA) is 76.3 Å². The number of ether oxygens (including phenoxy) is 1. The normalized spacial score (nSPS) is 19.9. The molecule has 1 atom stereocenters. The lowest BCUT2D eigenvalue weighted by Crippen LogP contribution is -2.29. The van der Waals surface area contributed by atoms with Gasteiger partial charge in [0.25, 0.3) is 0 Å². The van der Waals surface area contributed by atoms with Crippen molar-refractivity contribution in [2.75, 3.05) is 37.8 Å². The van der Waals surface area contributed by atoms with Crippen molar-refractivity contribution in [1.82, 2.24) is 14.9 Å². The molecule has 0 amide bonds. The van der Waals surface area contributed by atoms with Gasteiger partial charge in [-0.2, -0.15) is 9.97 Å². The van der Waals surface area contributed by atoms with Crippen LogP contribution in [0.4, 0.5) is 11.8 Å². The molecule has 6 heteroatoms. The van der Waals surface area contributed by atoms with Crippen molar-refractivity contribution in [3.8, 4) is 5.88 Å².